The van der Waals surface area contributed by atoms with Gasteiger partial charge < -0.3 is 10.1 Å². The van der Waals surface area contributed by atoms with Crippen LogP contribution in [0.15, 0.2) is 11.9 Å². The standard InChI is InChI=1S/C10H16N2O2S/c1-2-3-4-6-11-8-5-7-15-10-12(8)9(13)14-10/h5,10-11H,2-4,6-7H2,1H3/t10-/m1/s1. The highest BCUT2D eigenvalue weighted by atomic mass is 32.2. The molecule has 0 aliphatic carbocycles. The number of nitrogens with zero attached hydrogens (tertiary/aromatic N) is 1. The summed E-state index contributed by atoms with van der Waals surface area (Å²) in [7, 11) is 0. The molecule has 0 saturated carbocycles. The van der Waals surface area contributed by atoms with Crippen LogP contribution in [0.2, 0.25) is 0 Å². The van der Waals surface area contributed by atoms with Crippen LogP contribution in [0.1, 0.15) is 26.2 Å². The summed E-state index contributed by atoms with van der Waals surface area (Å²) in [5.74, 6) is 1.83. The molecule has 1 N–H and O–H groups in total. The summed E-state index contributed by atoms with van der Waals surface area (Å²) in [5, 5.41) is 3.29. The maximum atomic E-state index is 11.2. The van der Waals surface area contributed by atoms with Crippen molar-refractivity contribution >= 4 is 17.9 Å². The van der Waals surface area contributed by atoms with E-state index < -0.39 is 0 Å². The minimum Gasteiger partial charge on any atom is -0.415 e. The quantitative estimate of drug-likeness (QED) is 0.732. The monoisotopic (exact) mass is 228 g/mol. The third-order valence-electron chi connectivity index (χ3n) is 2.47. The summed E-state index contributed by atoms with van der Waals surface area (Å²) in [6.07, 6.45) is 5.40. The maximum absolute atomic E-state index is 11.2. The molecule has 1 fully saturated rings. The molecule has 0 aromatic heterocycles. The highest BCUT2D eigenvalue weighted by molar-refractivity contribution is 8.00. The molecule has 4 nitrogen and oxygen atoms in total. The number of hydrogen-bond acceptors (Lipinski definition) is 4. The van der Waals surface area contributed by atoms with Gasteiger partial charge in [0.1, 0.15) is 5.82 Å². The second-order valence-corrected chi connectivity index (χ2v) is 4.69. The van der Waals surface area contributed by atoms with Crippen molar-refractivity contribution in [3.63, 3.8) is 0 Å². The maximum Gasteiger partial charge on any atom is 0.421 e. The van der Waals surface area contributed by atoms with Crippen LogP contribution in [0.25, 0.3) is 0 Å². The Morgan fingerprint density at radius 2 is 2.53 bits per heavy atom. The number of carbonyl (C=O) groups is 1. The highest BCUT2D eigenvalue weighted by Crippen LogP contribution is 2.33. The highest BCUT2D eigenvalue weighted by Gasteiger charge is 2.43. The van der Waals surface area contributed by atoms with Gasteiger partial charge in [0.15, 0.2) is 0 Å². The van der Waals surface area contributed by atoms with Gasteiger partial charge in [-0.05, 0) is 12.5 Å². The third-order valence-corrected chi connectivity index (χ3v) is 3.42. The van der Waals surface area contributed by atoms with Crippen molar-refractivity contribution in [2.45, 2.75) is 31.7 Å². The van der Waals surface area contributed by atoms with E-state index in [0.29, 0.717) is 0 Å². The Bertz CT molecular complexity index is 281. The van der Waals surface area contributed by atoms with Crippen molar-refractivity contribution < 1.29 is 9.53 Å². The molecular weight excluding hydrogens is 212 g/mol. The zero-order valence-corrected chi connectivity index (χ0v) is 9.68. The first kappa shape index (κ1) is 10.7. The minimum atomic E-state index is -0.235. The van der Waals surface area contributed by atoms with Crippen molar-refractivity contribution in [1.29, 1.82) is 0 Å². The van der Waals surface area contributed by atoms with E-state index >= 15 is 0 Å². The zero-order chi connectivity index (χ0) is 10.7. The summed E-state index contributed by atoms with van der Waals surface area (Å²) >= 11 is 1.63. The summed E-state index contributed by atoms with van der Waals surface area (Å²) in [6.45, 7) is 3.11. The summed E-state index contributed by atoms with van der Waals surface area (Å²) in [4.78, 5) is 12.9. The predicted octanol–water partition coefficient (Wildman–Crippen LogP) is 2.09. The van der Waals surface area contributed by atoms with Crippen molar-refractivity contribution in [2.24, 2.45) is 0 Å². The number of ether oxygens (including phenoxy) is 1. The van der Waals surface area contributed by atoms with E-state index in [1.54, 1.807) is 16.7 Å². The molecule has 1 amide bonds. The summed E-state index contributed by atoms with van der Waals surface area (Å²) in [5.41, 5.74) is -0.0869. The fourth-order valence-corrected chi connectivity index (χ4v) is 2.53. The molecule has 2 rings (SSSR count). The summed E-state index contributed by atoms with van der Waals surface area (Å²) in [6, 6.07) is 0. The van der Waals surface area contributed by atoms with Gasteiger partial charge in [-0.1, -0.05) is 31.5 Å². The first-order chi connectivity index (χ1) is 7.33. The average Bonchev–Trinajstić information content (AvgIpc) is 2.22. The van der Waals surface area contributed by atoms with E-state index in [-0.39, 0.29) is 11.7 Å². The van der Waals surface area contributed by atoms with Gasteiger partial charge in [-0.25, -0.2) is 9.69 Å². The van der Waals surface area contributed by atoms with Crippen LogP contribution < -0.4 is 5.32 Å². The van der Waals surface area contributed by atoms with Crippen molar-refractivity contribution in [3.05, 3.63) is 11.9 Å². The van der Waals surface area contributed by atoms with Crippen LogP contribution in [-0.4, -0.2) is 28.9 Å². The molecule has 0 radical (unpaired) electrons. The van der Waals surface area contributed by atoms with Gasteiger partial charge in [0.25, 0.3) is 0 Å². The van der Waals surface area contributed by atoms with Crippen molar-refractivity contribution in [3.8, 4) is 0 Å². The molecule has 2 aliphatic rings. The van der Waals surface area contributed by atoms with Gasteiger partial charge >= 0.3 is 6.09 Å². The molecule has 2 aliphatic heterocycles. The third kappa shape index (κ3) is 2.22. The second kappa shape index (κ2) is 4.79. The van der Waals surface area contributed by atoms with E-state index in [1.165, 1.54) is 12.8 Å². The Morgan fingerprint density at radius 3 is 3.27 bits per heavy atom. The Hall–Kier alpha value is -0.840. The Balaban J connectivity index is 1.80. The van der Waals surface area contributed by atoms with Crippen LogP contribution >= 0.6 is 11.8 Å². The molecule has 0 aromatic carbocycles. The number of unbranched alkanes of at least 4 members (excludes halogenated alkanes) is 2. The molecule has 84 valence electrons. The average molecular weight is 228 g/mol. The first-order valence-electron chi connectivity index (χ1n) is 5.38. The lowest BCUT2D eigenvalue weighted by Gasteiger charge is -2.42. The van der Waals surface area contributed by atoms with Crippen LogP contribution in [0.4, 0.5) is 4.79 Å². The van der Waals surface area contributed by atoms with E-state index in [9.17, 15) is 4.79 Å². The normalized spacial score (nSPS) is 23.8. The molecule has 15 heavy (non-hydrogen) atoms. The zero-order valence-electron chi connectivity index (χ0n) is 8.86. The second-order valence-electron chi connectivity index (χ2n) is 3.62. The van der Waals surface area contributed by atoms with Gasteiger partial charge in [0, 0.05) is 12.3 Å². The van der Waals surface area contributed by atoms with Gasteiger partial charge in [-0.3, -0.25) is 0 Å². The molecule has 2 heterocycles. The van der Waals surface area contributed by atoms with E-state index in [4.69, 9.17) is 4.74 Å². The van der Waals surface area contributed by atoms with Gasteiger partial charge in [0.05, 0.1) is 0 Å². The van der Waals surface area contributed by atoms with Crippen molar-refractivity contribution in [1.82, 2.24) is 10.2 Å². The largest absolute Gasteiger partial charge is 0.421 e. The van der Waals surface area contributed by atoms with Crippen LogP contribution in [0.5, 0.6) is 0 Å². The predicted molar refractivity (Wildman–Crippen MR) is 60.2 cm³/mol. The summed E-state index contributed by atoms with van der Waals surface area (Å²) < 4.78 is 4.97. The molecule has 0 unspecified atom stereocenters. The molecule has 0 spiro atoms. The van der Waals surface area contributed by atoms with Crippen molar-refractivity contribution in [2.75, 3.05) is 12.3 Å². The van der Waals surface area contributed by atoms with E-state index in [2.05, 4.69) is 12.2 Å². The van der Waals surface area contributed by atoms with Gasteiger partial charge in [-0.15, -0.1) is 0 Å². The first-order valence-corrected chi connectivity index (χ1v) is 6.43. The fourth-order valence-electron chi connectivity index (χ4n) is 1.61. The molecule has 1 saturated heterocycles. The van der Waals surface area contributed by atoms with E-state index in [0.717, 1.165) is 24.5 Å². The number of thioether (sulfide) groups is 1. The number of nitrogens with one attached hydrogen (secondary N) is 1. The number of carbonyl (C=O) groups excluding carboxylic acids is 1. The minimum absolute atomic E-state index is 0.0869. The molecule has 1 atom stereocenters. The Kier molecular flexibility index (Phi) is 3.41. The molecule has 5 heteroatoms. The van der Waals surface area contributed by atoms with Gasteiger partial charge in [0.2, 0.25) is 5.56 Å². The smallest absolute Gasteiger partial charge is 0.415 e. The molecule has 0 bridgehead atoms. The van der Waals surface area contributed by atoms with E-state index in [1.807, 2.05) is 6.08 Å². The number of amides is 1. The molecular formula is C10H16N2O2S. The number of fused-ring (bicyclic) bond motifs is 1. The lowest BCUT2D eigenvalue weighted by atomic mass is 10.2. The molecule has 0 aromatic rings. The number of rotatable bonds is 5. The lowest BCUT2D eigenvalue weighted by Crippen LogP contribution is -2.55. The lowest BCUT2D eigenvalue weighted by molar-refractivity contribution is -0.0292. The van der Waals surface area contributed by atoms with Crippen LogP contribution in [0.3, 0.4) is 0 Å². The SMILES string of the molecule is CCCCCNC1=CCS[C@H]2OC(=O)N12. The number of hydrogen-bond donors (Lipinski definition) is 1. The van der Waals surface area contributed by atoms with Crippen LogP contribution in [0, 0.1) is 0 Å². The fraction of sp³-hybridized carbons (Fsp3) is 0.700. The Labute approximate surface area is 94.0 Å². The van der Waals surface area contributed by atoms with Crippen LogP contribution in [-0.2, 0) is 4.74 Å². The topological polar surface area (TPSA) is 41.6 Å². The Morgan fingerprint density at radius 1 is 1.67 bits per heavy atom. The van der Waals surface area contributed by atoms with Gasteiger partial charge in [-0.2, -0.15) is 0 Å².